The minimum Gasteiger partial charge on any atom is -0.378 e. The van der Waals surface area contributed by atoms with E-state index in [-0.39, 0.29) is 0 Å². The summed E-state index contributed by atoms with van der Waals surface area (Å²) in [7, 11) is 0. The van der Waals surface area contributed by atoms with Gasteiger partial charge in [-0.2, -0.15) is 0 Å². The van der Waals surface area contributed by atoms with Crippen LogP contribution in [0.2, 0.25) is 0 Å². The molecule has 0 aliphatic carbocycles. The molecular weight excluding hydrogens is 224 g/mol. The van der Waals surface area contributed by atoms with Crippen molar-refractivity contribution in [2.75, 3.05) is 37.5 Å². The molecule has 88 valence electrons. The number of morpholine rings is 1. The van der Waals surface area contributed by atoms with Crippen molar-refractivity contribution in [2.24, 2.45) is 5.73 Å². The Bertz CT molecular complexity index is 332. The van der Waals surface area contributed by atoms with Crippen LogP contribution in [0, 0.1) is 0 Å². The van der Waals surface area contributed by atoms with Crippen LogP contribution >= 0.6 is 11.8 Å². The Morgan fingerprint density at radius 3 is 2.81 bits per heavy atom. The van der Waals surface area contributed by atoms with Gasteiger partial charge in [-0.25, -0.2) is 9.97 Å². The van der Waals surface area contributed by atoms with E-state index in [4.69, 9.17) is 10.5 Å². The van der Waals surface area contributed by atoms with E-state index in [1.165, 1.54) is 0 Å². The van der Waals surface area contributed by atoms with E-state index in [1.807, 2.05) is 12.3 Å². The number of ether oxygens (including phenoxy) is 1. The molecule has 1 aliphatic heterocycles. The minimum absolute atomic E-state index is 0.452. The van der Waals surface area contributed by atoms with Crippen molar-refractivity contribution >= 4 is 17.6 Å². The molecule has 2 rings (SSSR count). The fourth-order valence-electron chi connectivity index (χ4n) is 1.61. The number of hydrogen-bond donors (Lipinski definition) is 1. The predicted octanol–water partition coefficient (Wildman–Crippen LogP) is 0.494. The summed E-state index contributed by atoms with van der Waals surface area (Å²) < 4.78 is 5.32. The van der Waals surface area contributed by atoms with Gasteiger partial charge in [0.05, 0.1) is 18.9 Å². The summed E-state index contributed by atoms with van der Waals surface area (Å²) in [5, 5.41) is 0.782. The summed E-state index contributed by atoms with van der Waals surface area (Å²) in [6, 6.07) is 1.96. The number of thioether (sulfide) groups is 1. The Morgan fingerprint density at radius 2 is 2.19 bits per heavy atom. The minimum atomic E-state index is 0.452. The lowest BCUT2D eigenvalue weighted by molar-refractivity contribution is 0.122. The Balaban J connectivity index is 2.24. The highest BCUT2D eigenvalue weighted by Gasteiger charge is 2.14. The van der Waals surface area contributed by atoms with Gasteiger partial charge in [-0.1, -0.05) is 11.8 Å². The monoisotopic (exact) mass is 240 g/mol. The first-order valence-corrected chi connectivity index (χ1v) is 6.50. The van der Waals surface area contributed by atoms with Crippen LogP contribution in [0.4, 0.5) is 5.82 Å². The summed E-state index contributed by atoms with van der Waals surface area (Å²) in [5.74, 6) is 0.961. The highest BCUT2D eigenvalue weighted by molar-refractivity contribution is 7.98. The summed E-state index contributed by atoms with van der Waals surface area (Å²) in [6.07, 6.45) is 1.97. The molecule has 6 heteroatoms. The molecule has 1 saturated heterocycles. The van der Waals surface area contributed by atoms with Crippen LogP contribution in [0.15, 0.2) is 11.2 Å². The van der Waals surface area contributed by atoms with Gasteiger partial charge < -0.3 is 15.4 Å². The molecule has 0 unspecified atom stereocenters. The molecule has 16 heavy (non-hydrogen) atoms. The first-order valence-electron chi connectivity index (χ1n) is 5.28. The summed E-state index contributed by atoms with van der Waals surface area (Å²) in [5.41, 5.74) is 6.52. The summed E-state index contributed by atoms with van der Waals surface area (Å²) in [4.78, 5) is 11.0. The molecule has 5 nitrogen and oxygen atoms in total. The summed E-state index contributed by atoms with van der Waals surface area (Å²) in [6.45, 7) is 3.74. The Labute approximate surface area is 99.4 Å². The highest BCUT2D eigenvalue weighted by atomic mass is 32.2. The van der Waals surface area contributed by atoms with Gasteiger partial charge in [-0.05, 0) is 6.26 Å². The van der Waals surface area contributed by atoms with Gasteiger partial charge in [0.15, 0.2) is 5.16 Å². The molecule has 1 aromatic heterocycles. The van der Waals surface area contributed by atoms with Gasteiger partial charge in [-0.3, -0.25) is 0 Å². The predicted molar refractivity (Wildman–Crippen MR) is 64.7 cm³/mol. The smallest absolute Gasteiger partial charge is 0.189 e. The lowest BCUT2D eigenvalue weighted by atomic mass is 10.3. The third-order valence-electron chi connectivity index (χ3n) is 2.47. The van der Waals surface area contributed by atoms with E-state index in [2.05, 4.69) is 14.9 Å². The average molecular weight is 240 g/mol. The largest absolute Gasteiger partial charge is 0.378 e. The Morgan fingerprint density at radius 1 is 1.44 bits per heavy atom. The number of nitrogens with two attached hydrogens (primary N) is 1. The van der Waals surface area contributed by atoms with E-state index in [9.17, 15) is 0 Å². The lowest BCUT2D eigenvalue weighted by Crippen LogP contribution is -2.37. The molecule has 1 fully saturated rings. The SMILES string of the molecule is CSc1nc(CN)cc(N2CCOCC2)n1. The van der Waals surface area contributed by atoms with Gasteiger partial charge >= 0.3 is 0 Å². The third kappa shape index (κ3) is 2.63. The van der Waals surface area contributed by atoms with Crippen molar-refractivity contribution in [2.45, 2.75) is 11.7 Å². The zero-order valence-electron chi connectivity index (χ0n) is 9.35. The number of nitrogens with zero attached hydrogens (tertiary/aromatic N) is 3. The molecule has 0 radical (unpaired) electrons. The number of anilines is 1. The first-order chi connectivity index (χ1) is 7.83. The number of rotatable bonds is 3. The van der Waals surface area contributed by atoms with Gasteiger partial charge in [0.2, 0.25) is 0 Å². The molecule has 1 aromatic rings. The molecule has 2 heterocycles. The van der Waals surface area contributed by atoms with Gasteiger partial charge in [0.25, 0.3) is 0 Å². The van der Waals surface area contributed by atoms with Gasteiger partial charge in [0.1, 0.15) is 5.82 Å². The molecule has 1 aliphatic rings. The maximum Gasteiger partial charge on any atom is 0.189 e. The van der Waals surface area contributed by atoms with Gasteiger partial charge in [0, 0.05) is 25.7 Å². The van der Waals surface area contributed by atoms with E-state index in [1.54, 1.807) is 11.8 Å². The van der Waals surface area contributed by atoms with Crippen LogP contribution in [0.25, 0.3) is 0 Å². The van der Waals surface area contributed by atoms with Crippen LogP contribution in [0.1, 0.15) is 5.69 Å². The molecule has 0 spiro atoms. The molecular formula is C10H16N4OS. The van der Waals surface area contributed by atoms with E-state index in [0.717, 1.165) is 43.0 Å². The fourth-order valence-corrected chi connectivity index (χ4v) is 2.00. The quantitative estimate of drug-likeness (QED) is 0.613. The molecule has 0 atom stereocenters. The molecule has 0 aromatic carbocycles. The number of aromatic nitrogens is 2. The Kier molecular flexibility index (Phi) is 3.98. The number of hydrogen-bond acceptors (Lipinski definition) is 6. The average Bonchev–Trinajstić information content (AvgIpc) is 2.39. The van der Waals surface area contributed by atoms with E-state index >= 15 is 0 Å². The topological polar surface area (TPSA) is 64.3 Å². The van der Waals surface area contributed by atoms with E-state index in [0.29, 0.717) is 6.54 Å². The van der Waals surface area contributed by atoms with Crippen molar-refractivity contribution < 1.29 is 4.74 Å². The molecule has 2 N–H and O–H groups in total. The second-order valence-electron chi connectivity index (χ2n) is 3.51. The van der Waals surface area contributed by atoms with Crippen molar-refractivity contribution in [3.05, 3.63) is 11.8 Å². The first kappa shape index (κ1) is 11.6. The van der Waals surface area contributed by atoms with Crippen molar-refractivity contribution in [3.63, 3.8) is 0 Å². The lowest BCUT2D eigenvalue weighted by Gasteiger charge is -2.28. The van der Waals surface area contributed by atoms with E-state index < -0.39 is 0 Å². The third-order valence-corrected chi connectivity index (χ3v) is 3.02. The molecule has 0 saturated carbocycles. The van der Waals surface area contributed by atoms with Crippen LogP contribution in [-0.4, -0.2) is 42.5 Å². The van der Waals surface area contributed by atoms with Crippen molar-refractivity contribution in [1.29, 1.82) is 0 Å². The highest BCUT2D eigenvalue weighted by Crippen LogP contribution is 2.18. The Hall–Kier alpha value is -0.850. The zero-order chi connectivity index (χ0) is 11.4. The second kappa shape index (κ2) is 5.47. The maximum atomic E-state index is 5.63. The second-order valence-corrected chi connectivity index (χ2v) is 4.28. The van der Waals surface area contributed by atoms with Crippen LogP contribution in [0.5, 0.6) is 0 Å². The summed E-state index contributed by atoms with van der Waals surface area (Å²) >= 11 is 1.54. The normalized spacial score (nSPS) is 16.5. The van der Waals surface area contributed by atoms with Crippen LogP contribution in [-0.2, 0) is 11.3 Å². The van der Waals surface area contributed by atoms with Crippen molar-refractivity contribution in [1.82, 2.24) is 9.97 Å². The standard InChI is InChI=1S/C10H16N4OS/c1-16-10-12-8(7-11)6-9(13-10)14-2-4-15-5-3-14/h6H,2-5,7,11H2,1H3. The van der Waals surface area contributed by atoms with Crippen molar-refractivity contribution in [3.8, 4) is 0 Å². The molecule has 0 bridgehead atoms. The molecule has 0 amide bonds. The van der Waals surface area contributed by atoms with Gasteiger partial charge in [-0.15, -0.1) is 0 Å². The fraction of sp³-hybridized carbons (Fsp3) is 0.600. The van der Waals surface area contributed by atoms with Crippen LogP contribution in [0.3, 0.4) is 0 Å². The van der Waals surface area contributed by atoms with Crippen LogP contribution < -0.4 is 10.6 Å². The maximum absolute atomic E-state index is 5.63. The zero-order valence-corrected chi connectivity index (χ0v) is 10.2.